The maximum absolute atomic E-state index is 12.5. The SMILES string of the molecule is Cc1nn(CC(C(=O)O)C(F)(F)F)c(C)c1C. The van der Waals surface area contributed by atoms with Gasteiger partial charge < -0.3 is 5.11 Å². The predicted octanol–water partition coefficient (Wildman–Crippen LogP) is 2.07. The van der Waals surface area contributed by atoms with Gasteiger partial charge in [0.25, 0.3) is 0 Å². The van der Waals surface area contributed by atoms with E-state index >= 15 is 0 Å². The number of hydrogen-bond acceptors (Lipinski definition) is 2. The number of halogens is 3. The Balaban J connectivity index is 3.03. The van der Waals surface area contributed by atoms with Gasteiger partial charge in [-0.25, -0.2) is 0 Å². The van der Waals surface area contributed by atoms with Crippen molar-refractivity contribution in [3.8, 4) is 0 Å². The van der Waals surface area contributed by atoms with Crippen LogP contribution in [0, 0.1) is 26.7 Å². The van der Waals surface area contributed by atoms with Gasteiger partial charge in [0, 0.05) is 5.69 Å². The molecule has 7 heteroatoms. The van der Waals surface area contributed by atoms with E-state index in [1.54, 1.807) is 20.8 Å². The molecule has 0 saturated heterocycles. The second kappa shape index (κ2) is 4.38. The van der Waals surface area contributed by atoms with E-state index in [0.29, 0.717) is 11.4 Å². The maximum Gasteiger partial charge on any atom is 0.404 e. The molecule has 1 aromatic heterocycles. The summed E-state index contributed by atoms with van der Waals surface area (Å²) in [6, 6.07) is 0. The minimum Gasteiger partial charge on any atom is -0.481 e. The number of aryl methyl sites for hydroxylation is 1. The molecule has 1 aromatic rings. The largest absolute Gasteiger partial charge is 0.481 e. The van der Waals surface area contributed by atoms with Crippen LogP contribution in [0.25, 0.3) is 0 Å². The summed E-state index contributed by atoms with van der Waals surface area (Å²) in [6.45, 7) is 4.32. The zero-order valence-corrected chi connectivity index (χ0v) is 9.67. The van der Waals surface area contributed by atoms with Gasteiger partial charge in [-0.15, -0.1) is 0 Å². The molecule has 96 valence electrons. The second-order valence-corrected chi connectivity index (χ2v) is 3.91. The van der Waals surface area contributed by atoms with Gasteiger partial charge >= 0.3 is 12.1 Å². The van der Waals surface area contributed by atoms with Crippen LogP contribution in [-0.4, -0.2) is 27.0 Å². The first-order chi connectivity index (χ1) is 7.64. The van der Waals surface area contributed by atoms with E-state index in [2.05, 4.69) is 5.10 Å². The molecule has 0 aromatic carbocycles. The van der Waals surface area contributed by atoms with Gasteiger partial charge in [0.1, 0.15) is 0 Å². The Morgan fingerprint density at radius 1 is 1.41 bits per heavy atom. The molecule has 1 atom stereocenters. The van der Waals surface area contributed by atoms with Gasteiger partial charge in [-0.2, -0.15) is 18.3 Å². The van der Waals surface area contributed by atoms with Crippen LogP contribution in [-0.2, 0) is 11.3 Å². The van der Waals surface area contributed by atoms with Gasteiger partial charge in [-0.3, -0.25) is 9.48 Å². The van der Waals surface area contributed by atoms with E-state index in [-0.39, 0.29) is 0 Å². The van der Waals surface area contributed by atoms with E-state index < -0.39 is 24.6 Å². The van der Waals surface area contributed by atoms with Crippen LogP contribution >= 0.6 is 0 Å². The third kappa shape index (κ3) is 2.78. The average molecular weight is 250 g/mol. The molecule has 4 nitrogen and oxygen atoms in total. The first-order valence-electron chi connectivity index (χ1n) is 4.94. The van der Waals surface area contributed by atoms with Crippen molar-refractivity contribution in [3.05, 3.63) is 17.0 Å². The minimum absolute atomic E-state index is 0.554. The smallest absolute Gasteiger partial charge is 0.404 e. The summed E-state index contributed by atoms with van der Waals surface area (Å²) in [5.74, 6) is -4.32. The van der Waals surface area contributed by atoms with E-state index in [0.717, 1.165) is 10.2 Å². The van der Waals surface area contributed by atoms with Crippen LogP contribution in [0.2, 0.25) is 0 Å². The molecule has 0 radical (unpaired) electrons. The van der Waals surface area contributed by atoms with Crippen LogP contribution in [0.5, 0.6) is 0 Å². The maximum atomic E-state index is 12.5. The molecule has 1 heterocycles. The monoisotopic (exact) mass is 250 g/mol. The number of rotatable bonds is 3. The van der Waals surface area contributed by atoms with Crippen molar-refractivity contribution < 1.29 is 23.1 Å². The number of aromatic nitrogens is 2. The van der Waals surface area contributed by atoms with Crippen molar-refractivity contribution in [1.82, 2.24) is 9.78 Å². The van der Waals surface area contributed by atoms with Crippen molar-refractivity contribution >= 4 is 5.97 Å². The summed E-state index contributed by atoms with van der Waals surface area (Å²) in [5, 5.41) is 12.5. The van der Waals surface area contributed by atoms with Crippen molar-refractivity contribution in [2.24, 2.45) is 5.92 Å². The van der Waals surface area contributed by atoms with Crippen LogP contribution in [0.4, 0.5) is 13.2 Å². The lowest BCUT2D eigenvalue weighted by atomic mass is 10.1. The van der Waals surface area contributed by atoms with Crippen LogP contribution in [0.15, 0.2) is 0 Å². The van der Waals surface area contributed by atoms with E-state index in [4.69, 9.17) is 5.11 Å². The zero-order chi connectivity index (χ0) is 13.4. The molecule has 0 aliphatic carbocycles. The number of carboxylic acids is 1. The summed E-state index contributed by atoms with van der Waals surface area (Å²) < 4.78 is 38.5. The molecule has 17 heavy (non-hydrogen) atoms. The fraction of sp³-hybridized carbons (Fsp3) is 0.600. The van der Waals surface area contributed by atoms with Crippen molar-refractivity contribution in [3.63, 3.8) is 0 Å². The highest BCUT2D eigenvalue weighted by Crippen LogP contribution is 2.28. The van der Waals surface area contributed by atoms with Gasteiger partial charge in [-0.05, 0) is 26.3 Å². The van der Waals surface area contributed by atoms with Crippen LogP contribution in [0.1, 0.15) is 17.0 Å². The first kappa shape index (κ1) is 13.5. The Morgan fingerprint density at radius 2 is 1.94 bits per heavy atom. The number of carbonyl (C=O) groups is 1. The standard InChI is InChI=1S/C10H13F3N2O2/c1-5-6(2)14-15(7(5)3)4-8(9(16)17)10(11,12)13/h8H,4H2,1-3H3,(H,16,17). The summed E-state index contributed by atoms with van der Waals surface area (Å²) in [6.07, 6.45) is -4.77. The summed E-state index contributed by atoms with van der Waals surface area (Å²) >= 11 is 0. The zero-order valence-electron chi connectivity index (χ0n) is 9.67. The number of nitrogens with zero attached hydrogens (tertiary/aromatic N) is 2. The van der Waals surface area contributed by atoms with Gasteiger partial charge in [0.05, 0.1) is 12.2 Å². The fourth-order valence-electron chi connectivity index (χ4n) is 1.46. The number of carboxylic acid groups (broad SMARTS) is 1. The van der Waals surface area contributed by atoms with E-state index in [9.17, 15) is 18.0 Å². The minimum atomic E-state index is -4.77. The van der Waals surface area contributed by atoms with E-state index in [1.807, 2.05) is 0 Å². The molecule has 0 fully saturated rings. The van der Waals surface area contributed by atoms with Gasteiger partial charge in [0.15, 0.2) is 5.92 Å². The molecule has 0 aliphatic rings. The molecule has 0 spiro atoms. The Bertz CT molecular complexity index is 437. The van der Waals surface area contributed by atoms with Crippen molar-refractivity contribution in [2.75, 3.05) is 0 Å². The number of alkyl halides is 3. The summed E-state index contributed by atoms with van der Waals surface area (Å²) in [7, 11) is 0. The normalized spacial score (nSPS) is 13.8. The third-order valence-electron chi connectivity index (χ3n) is 2.79. The summed E-state index contributed by atoms with van der Waals surface area (Å²) in [4.78, 5) is 10.6. The van der Waals surface area contributed by atoms with Crippen LogP contribution in [0.3, 0.4) is 0 Å². The molecule has 0 amide bonds. The highest BCUT2D eigenvalue weighted by Gasteiger charge is 2.45. The predicted molar refractivity (Wildman–Crippen MR) is 53.6 cm³/mol. The number of aliphatic carboxylic acids is 1. The Hall–Kier alpha value is -1.53. The molecule has 0 bridgehead atoms. The fourth-order valence-corrected chi connectivity index (χ4v) is 1.46. The average Bonchev–Trinajstić information content (AvgIpc) is 2.40. The lowest BCUT2D eigenvalue weighted by Crippen LogP contribution is -2.34. The Kier molecular flexibility index (Phi) is 3.49. The Morgan fingerprint density at radius 3 is 2.24 bits per heavy atom. The lowest BCUT2D eigenvalue weighted by molar-refractivity contribution is -0.196. The highest BCUT2D eigenvalue weighted by molar-refractivity contribution is 5.70. The lowest BCUT2D eigenvalue weighted by Gasteiger charge is -2.16. The van der Waals surface area contributed by atoms with Crippen molar-refractivity contribution in [2.45, 2.75) is 33.5 Å². The number of hydrogen-bond donors (Lipinski definition) is 1. The van der Waals surface area contributed by atoms with Crippen LogP contribution < -0.4 is 0 Å². The topological polar surface area (TPSA) is 55.1 Å². The summed E-state index contributed by atoms with van der Waals surface area (Å²) in [5.41, 5.74) is 1.93. The molecular weight excluding hydrogens is 237 g/mol. The quantitative estimate of drug-likeness (QED) is 0.893. The van der Waals surface area contributed by atoms with Gasteiger partial charge in [0.2, 0.25) is 0 Å². The Labute approximate surface area is 96.0 Å². The molecule has 1 N–H and O–H groups in total. The van der Waals surface area contributed by atoms with E-state index in [1.165, 1.54) is 0 Å². The molecule has 1 rings (SSSR count). The van der Waals surface area contributed by atoms with Gasteiger partial charge in [-0.1, -0.05) is 0 Å². The van der Waals surface area contributed by atoms with Crippen molar-refractivity contribution in [1.29, 1.82) is 0 Å². The molecule has 0 aliphatic heterocycles. The highest BCUT2D eigenvalue weighted by atomic mass is 19.4. The first-order valence-corrected chi connectivity index (χ1v) is 4.94. The molecule has 0 saturated carbocycles. The second-order valence-electron chi connectivity index (χ2n) is 3.91. The molecular formula is C10H13F3N2O2. The molecule has 1 unspecified atom stereocenters. The third-order valence-corrected chi connectivity index (χ3v) is 2.79.